The van der Waals surface area contributed by atoms with E-state index in [9.17, 15) is 28.8 Å². The second kappa shape index (κ2) is 16.7. The van der Waals surface area contributed by atoms with E-state index in [2.05, 4.69) is 21.3 Å². The highest BCUT2D eigenvalue weighted by atomic mass is 16.5. The van der Waals surface area contributed by atoms with Gasteiger partial charge in [0.1, 0.15) is 24.5 Å². The molecule has 12 nitrogen and oxygen atoms in total. The molecule has 1 rings (SSSR count). The summed E-state index contributed by atoms with van der Waals surface area (Å²) in [7, 11) is 0. The number of nitrogens with two attached hydrogens (primary N) is 1. The number of hydrogen-bond donors (Lipinski definition) is 5. The third kappa shape index (κ3) is 13.4. The number of rotatable bonds is 16. The second-order valence-corrected chi connectivity index (χ2v) is 9.31. The molecule has 1 aromatic rings. The largest absolute Gasteiger partial charge is 0.461 e. The highest BCUT2D eigenvalue weighted by molar-refractivity contribution is 5.98. The summed E-state index contributed by atoms with van der Waals surface area (Å²) in [6.07, 6.45) is 1.31. The topological polar surface area (TPSA) is 186 Å². The molecule has 0 unspecified atom stereocenters. The zero-order valence-corrected chi connectivity index (χ0v) is 22.4. The van der Waals surface area contributed by atoms with E-state index in [1.807, 2.05) is 0 Å². The average molecular weight is 534 g/mol. The highest BCUT2D eigenvalue weighted by Gasteiger charge is 2.28. The molecule has 1 aromatic carbocycles. The van der Waals surface area contributed by atoms with Gasteiger partial charge in [-0.2, -0.15) is 0 Å². The van der Waals surface area contributed by atoms with Crippen LogP contribution in [0.5, 0.6) is 0 Å². The van der Waals surface area contributed by atoms with Crippen LogP contribution in [0.2, 0.25) is 0 Å². The predicted molar refractivity (Wildman–Crippen MR) is 141 cm³/mol. The standard InChI is InChI=1S/C26H39N5O7/c1-16(2)23(31-22(34)9-5-7-17(3)32)25(36)30-21(8-6-14-28-26(27)37)24(35)29-20-12-10-19(11-13-20)15-38-18(4)33/h10-13,16,21,23H,5-9,14-15H2,1-4H3,(H,29,35)(H,30,36)(H,31,34)(H3,27,28,37)/t21-,23-/m0/s1. The Bertz CT molecular complexity index is 979. The maximum atomic E-state index is 13.1. The van der Waals surface area contributed by atoms with Gasteiger partial charge in [0.25, 0.3) is 0 Å². The van der Waals surface area contributed by atoms with E-state index in [1.165, 1.54) is 13.8 Å². The maximum absolute atomic E-state index is 13.1. The zero-order chi connectivity index (χ0) is 28.7. The first-order valence-electron chi connectivity index (χ1n) is 12.5. The SMILES string of the molecule is CC(=O)CCCC(=O)N[C@H](C(=O)N[C@@H](CCCNC(N)=O)C(=O)Nc1ccc(COC(C)=O)cc1)C(C)C. The van der Waals surface area contributed by atoms with Crippen molar-refractivity contribution in [3.8, 4) is 0 Å². The van der Waals surface area contributed by atoms with Gasteiger partial charge in [-0.3, -0.25) is 19.2 Å². The van der Waals surface area contributed by atoms with E-state index in [0.29, 0.717) is 18.5 Å². The molecule has 6 N–H and O–H groups in total. The first-order chi connectivity index (χ1) is 17.9. The molecular weight excluding hydrogens is 494 g/mol. The minimum atomic E-state index is -0.964. The predicted octanol–water partition coefficient (Wildman–Crippen LogP) is 1.52. The van der Waals surface area contributed by atoms with Crippen LogP contribution < -0.4 is 27.0 Å². The molecule has 0 fully saturated rings. The van der Waals surface area contributed by atoms with Crippen LogP contribution in [0.3, 0.4) is 0 Å². The molecule has 0 bridgehead atoms. The minimum absolute atomic E-state index is 0.0188. The van der Waals surface area contributed by atoms with Gasteiger partial charge in [0.05, 0.1) is 0 Å². The van der Waals surface area contributed by atoms with Crippen LogP contribution in [0.1, 0.15) is 65.4 Å². The lowest BCUT2D eigenvalue weighted by molar-refractivity contribution is -0.142. The van der Waals surface area contributed by atoms with E-state index in [-0.39, 0.29) is 50.0 Å². The van der Waals surface area contributed by atoms with E-state index < -0.39 is 35.9 Å². The van der Waals surface area contributed by atoms with Gasteiger partial charge in [-0.15, -0.1) is 0 Å². The highest BCUT2D eigenvalue weighted by Crippen LogP contribution is 2.13. The van der Waals surface area contributed by atoms with E-state index >= 15 is 0 Å². The summed E-state index contributed by atoms with van der Waals surface area (Å²) in [6.45, 7) is 6.61. The van der Waals surface area contributed by atoms with Crippen molar-refractivity contribution in [1.82, 2.24) is 16.0 Å². The number of nitrogens with one attached hydrogen (secondary N) is 4. The van der Waals surface area contributed by atoms with Crippen LogP contribution >= 0.6 is 0 Å². The molecular formula is C26H39N5O7. The molecule has 0 aliphatic heterocycles. The molecule has 38 heavy (non-hydrogen) atoms. The Hall–Kier alpha value is -3.96. The molecule has 0 saturated heterocycles. The summed E-state index contributed by atoms with van der Waals surface area (Å²) in [5.74, 6) is -2.06. The van der Waals surface area contributed by atoms with Gasteiger partial charge in [-0.05, 0) is 49.8 Å². The average Bonchev–Trinajstić information content (AvgIpc) is 2.83. The lowest BCUT2D eigenvalue weighted by atomic mass is 10.0. The number of benzene rings is 1. The van der Waals surface area contributed by atoms with Gasteiger partial charge in [-0.1, -0.05) is 26.0 Å². The van der Waals surface area contributed by atoms with Gasteiger partial charge in [-0.25, -0.2) is 4.79 Å². The molecule has 0 radical (unpaired) electrons. The Labute approximate surface area is 222 Å². The summed E-state index contributed by atoms with van der Waals surface area (Å²) in [6, 6.07) is 4.12. The summed E-state index contributed by atoms with van der Waals surface area (Å²) in [5, 5.41) is 10.6. The number of carbonyl (C=O) groups is 6. The fraction of sp³-hybridized carbons (Fsp3) is 0.538. The first kappa shape index (κ1) is 32.1. The number of Topliss-reactive ketones (excluding diaryl/α,β-unsaturated/α-hetero) is 1. The minimum Gasteiger partial charge on any atom is -0.461 e. The summed E-state index contributed by atoms with van der Waals surface area (Å²) in [4.78, 5) is 71.5. The molecule has 2 atom stereocenters. The summed E-state index contributed by atoms with van der Waals surface area (Å²) >= 11 is 0. The van der Waals surface area contributed by atoms with Crippen molar-refractivity contribution in [3.05, 3.63) is 29.8 Å². The van der Waals surface area contributed by atoms with Gasteiger partial charge >= 0.3 is 12.0 Å². The smallest absolute Gasteiger partial charge is 0.312 e. The van der Waals surface area contributed by atoms with Crippen molar-refractivity contribution in [2.24, 2.45) is 11.7 Å². The fourth-order valence-electron chi connectivity index (χ4n) is 3.43. The van der Waals surface area contributed by atoms with Crippen molar-refractivity contribution in [2.45, 2.75) is 78.5 Å². The molecule has 210 valence electrons. The Morgan fingerprint density at radius 2 is 1.55 bits per heavy atom. The number of primary amides is 1. The van der Waals surface area contributed by atoms with E-state index in [0.717, 1.165) is 5.56 Å². The number of esters is 1. The van der Waals surface area contributed by atoms with E-state index in [1.54, 1.807) is 38.1 Å². The molecule has 12 heteroatoms. The normalized spacial score (nSPS) is 12.1. The molecule has 0 aromatic heterocycles. The summed E-state index contributed by atoms with van der Waals surface area (Å²) in [5.41, 5.74) is 6.29. The van der Waals surface area contributed by atoms with Crippen LogP contribution in [0, 0.1) is 5.92 Å². The third-order valence-electron chi connectivity index (χ3n) is 5.46. The number of anilines is 1. The molecule has 0 heterocycles. The van der Waals surface area contributed by atoms with Crippen molar-refractivity contribution >= 4 is 41.2 Å². The second-order valence-electron chi connectivity index (χ2n) is 9.31. The quantitative estimate of drug-likeness (QED) is 0.157. The number of carbonyl (C=O) groups excluding carboxylic acids is 6. The molecule has 0 aliphatic carbocycles. The number of amides is 5. The fourth-order valence-corrected chi connectivity index (χ4v) is 3.43. The van der Waals surface area contributed by atoms with Crippen LogP contribution in [-0.4, -0.2) is 54.1 Å². The van der Waals surface area contributed by atoms with Gasteiger partial charge in [0.15, 0.2) is 0 Å². The Morgan fingerprint density at radius 1 is 0.895 bits per heavy atom. The van der Waals surface area contributed by atoms with Crippen molar-refractivity contribution < 1.29 is 33.5 Å². The Morgan fingerprint density at radius 3 is 2.11 bits per heavy atom. The lowest BCUT2D eigenvalue weighted by Gasteiger charge is -2.25. The molecule has 0 spiro atoms. The van der Waals surface area contributed by atoms with Gasteiger partial charge in [0.2, 0.25) is 17.7 Å². The third-order valence-corrected chi connectivity index (χ3v) is 5.46. The van der Waals surface area contributed by atoms with Crippen molar-refractivity contribution in [2.75, 3.05) is 11.9 Å². The number of ketones is 1. The van der Waals surface area contributed by atoms with Crippen molar-refractivity contribution in [1.29, 1.82) is 0 Å². The first-order valence-corrected chi connectivity index (χ1v) is 12.5. The number of hydrogen-bond acceptors (Lipinski definition) is 7. The van der Waals surface area contributed by atoms with Crippen LogP contribution in [0.25, 0.3) is 0 Å². The Balaban J connectivity index is 2.88. The van der Waals surface area contributed by atoms with Gasteiger partial charge in [0, 0.05) is 32.0 Å². The van der Waals surface area contributed by atoms with Crippen LogP contribution in [-0.2, 0) is 35.3 Å². The molecule has 0 saturated carbocycles. The maximum Gasteiger partial charge on any atom is 0.312 e. The van der Waals surface area contributed by atoms with Crippen molar-refractivity contribution in [3.63, 3.8) is 0 Å². The molecule has 0 aliphatic rings. The monoisotopic (exact) mass is 533 g/mol. The zero-order valence-electron chi connectivity index (χ0n) is 22.4. The van der Waals surface area contributed by atoms with E-state index in [4.69, 9.17) is 10.5 Å². The number of ether oxygens (including phenoxy) is 1. The number of urea groups is 1. The summed E-state index contributed by atoms with van der Waals surface area (Å²) < 4.78 is 4.95. The lowest BCUT2D eigenvalue weighted by Crippen LogP contribution is -2.54. The van der Waals surface area contributed by atoms with Gasteiger partial charge < -0.3 is 36.5 Å². The molecule has 5 amide bonds. The van der Waals surface area contributed by atoms with Crippen LogP contribution in [0.4, 0.5) is 10.5 Å². The van der Waals surface area contributed by atoms with Crippen LogP contribution in [0.15, 0.2) is 24.3 Å². The Kier molecular flexibility index (Phi) is 14.1.